The lowest BCUT2D eigenvalue weighted by Gasteiger charge is -2.20. The first kappa shape index (κ1) is 17.5. The molecule has 1 heterocycles. The smallest absolute Gasteiger partial charge is 0.271 e. The second-order valence-corrected chi connectivity index (χ2v) is 5.90. The van der Waals surface area contributed by atoms with Gasteiger partial charge in [-0.15, -0.1) is 0 Å². The van der Waals surface area contributed by atoms with Crippen molar-refractivity contribution < 1.29 is 18.4 Å². The lowest BCUT2D eigenvalue weighted by molar-refractivity contribution is -0.119. The van der Waals surface area contributed by atoms with E-state index in [1.807, 2.05) is 0 Å². The summed E-state index contributed by atoms with van der Waals surface area (Å²) >= 11 is 0. The molecule has 0 radical (unpaired) electrons. The van der Waals surface area contributed by atoms with Crippen LogP contribution in [0.2, 0.25) is 0 Å². The zero-order chi connectivity index (χ0) is 18.8. The fraction of sp³-hybridized carbons (Fsp3) is 0.167. The van der Waals surface area contributed by atoms with Crippen molar-refractivity contribution in [3.05, 3.63) is 59.7 Å². The SMILES string of the molecule is Cc1ccc(F)cc1NC(=O)C1=NN(c2ccc(F)cc2)C(C(N)=O)C1. The average molecular weight is 358 g/mol. The molecule has 3 rings (SSSR count). The van der Waals surface area contributed by atoms with Crippen molar-refractivity contribution in [2.75, 3.05) is 10.3 Å². The van der Waals surface area contributed by atoms with E-state index in [0.717, 1.165) is 0 Å². The number of hydrogen-bond donors (Lipinski definition) is 2. The fourth-order valence-corrected chi connectivity index (χ4v) is 2.62. The van der Waals surface area contributed by atoms with Crippen molar-refractivity contribution in [3.8, 4) is 0 Å². The predicted octanol–water partition coefficient (Wildman–Crippen LogP) is 2.33. The summed E-state index contributed by atoms with van der Waals surface area (Å²) in [6.07, 6.45) is -0.00704. The Morgan fingerprint density at radius 2 is 1.81 bits per heavy atom. The number of nitrogens with zero attached hydrogens (tertiary/aromatic N) is 2. The van der Waals surface area contributed by atoms with Crippen LogP contribution >= 0.6 is 0 Å². The van der Waals surface area contributed by atoms with Crippen molar-refractivity contribution in [1.29, 1.82) is 0 Å². The van der Waals surface area contributed by atoms with Gasteiger partial charge in [0.25, 0.3) is 5.91 Å². The number of amides is 2. The Hall–Kier alpha value is -3.29. The van der Waals surface area contributed by atoms with Gasteiger partial charge in [-0.2, -0.15) is 5.10 Å². The minimum Gasteiger partial charge on any atom is -0.368 e. The van der Waals surface area contributed by atoms with Crippen molar-refractivity contribution in [3.63, 3.8) is 0 Å². The zero-order valence-corrected chi connectivity index (χ0v) is 13.9. The summed E-state index contributed by atoms with van der Waals surface area (Å²) in [6.45, 7) is 1.72. The molecule has 1 aliphatic rings. The highest BCUT2D eigenvalue weighted by Gasteiger charge is 2.35. The van der Waals surface area contributed by atoms with E-state index in [4.69, 9.17) is 5.73 Å². The Morgan fingerprint density at radius 3 is 2.46 bits per heavy atom. The van der Waals surface area contributed by atoms with Gasteiger partial charge in [-0.25, -0.2) is 8.78 Å². The molecule has 26 heavy (non-hydrogen) atoms. The molecule has 0 saturated carbocycles. The highest BCUT2D eigenvalue weighted by molar-refractivity contribution is 6.44. The Kier molecular flexibility index (Phi) is 4.66. The average Bonchev–Trinajstić information content (AvgIpc) is 3.04. The van der Waals surface area contributed by atoms with E-state index in [-0.39, 0.29) is 12.1 Å². The molecule has 0 spiro atoms. The van der Waals surface area contributed by atoms with E-state index in [1.165, 1.54) is 41.4 Å². The molecule has 0 bridgehead atoms. The third kappa shape index (κ3) is 3.53. The topological polar surface area (TPSA) is 87.8 Å². The third-order valence-electron chi connectivity index (χ3n) is 4.04. The molecule has 8 heteroatoms. The molecule has 1 unspecified atom stereocenters. The van der Waals surface area contributed by atoms with Gasteiger partial charge in [0.05, 0.1) is 5.69 Å². The summed E-state index contributed by atoms with van der Waals surface area (Å²) in [6, 6.07) is 8.48. The summed E-state index contributed by atoms with van der Waals surface area (Å²) in [7, 11) is 0. The van der Waals surface area contributed by atoms with Crippen LogP contribution in [0.3, 0.4) is 0 Å². The first-order chi connectivity index (χ1) is 12.3. The number of primary amides is 1. The minimum absolute atomic E-state index is 0.00704. The number of carbonyl (C=O) groups is 2. The van der Waals surface area contributed by atoms with Crippen LogP contribution in [0.5, 0.6) is 0 Å². The van der Waals surface area contributed by atoms with E-state index < -0.39 is 29.5 Å². The largest absolute Gasteiger partial charge is 0.368 e. The molecular weight excluding hydrogens is 342 g/mol. The van der Waals surface area contributed by atoms with Gasteiger partial charge in [0.1, 0.15) is 23.4 Å². The van der Waals surface area contributed by atoms with Crippen LogP contribution in [0.4, 0.5) is 20.2 Å². The number of hydrogen-bond acceptors (Lipinski definition) is 4. The molecule has 2 amide bonds. The van der Waals surface area contributed by atoms with Crippen LogP contribution < -0.4 is 16.1 Å². The maximum Gasteiger partial charge on any atom is 0.271 e. The van der Waals surface area contributed by atoms with Gasteiger partial charge in [0.2, 0.25) is 5.91 Å². The fourth-order valence-electron chi connectivity index (χ4n) is 2.62. The van der Waals surface area contributed by atoms with Crippen molar-refractivity contribution in [2.24, 2.45) is 10.8 Å². The molecule has 6 nitrogen and oxygen atoms in total. The van der Waals surface area contributed by atoms with Gasteiger partial charge >= 0.3 is 0 Å². The van der Waals surface area contributed by atoms with Crippen LogP contribution in [0.25, 0.3) is 0 Å². The molecule has 2 aromatic rings. The van der Waals surface area contributed by atoms with Gasteiger partial charge in [-0.3, -0.25) is 14.6 Å². The van der Waals surface area contributed by atoms with Crippen LogP contribution in [-0.2, 0) is 9.59 Å². The highest BCUT2D eigenvalue weighted by Crippen LogP contribution is 2.25. The van der Waals surface area contributed by atoms with Crippen LogP contribution in [-0.4, -0.2) is 23.6 Å². The number of aryl methyl sites for hydroxylation is 1. The van der Waals surface area contributed by atoms with Gasteiger partial charge in [0, 0.05) is 12.1 Å². The summed E-state index contributed by atoms with van der Waals surface area (Å²) in [5, 5.41) is 8.03. The summed E-state index contributed by atoms with van der Waals surface area (Å²) in [5.74, 6) is -2.15. The number of anilines is 2. The number of nitrogens with one attached hydrogen (secondary N) is 1. The van der Waals surface area contributed by atoms with Crippen LogP contribution in [0.15, 0.2) is 47.6 Å². The number of carbonyl (C=O) groups excluding carboxylic acids is 2. The van der Waals surface area contributed by atoms with Crippen LogP contribution in [0.1, 0.15) is 12.0 Å². The minimum atomic E-state index is -0.866. The lowest BCUT2D eigenvalue weighted by atomic mass is 10.1. The van der Waals surface area contributed by atoms with Crippen molar-refractivity contribution in [1.82, 2.24) is 0 Å². The first-order valence-electron chi connectivity index (χ1n) is 7.84. The van der Waals surface area contributed by atoms with Gasteiger partial charge in [-0.05, 0) is 48.9 Å². The first-order valence-corrected chi connectivity index (χ1v) is 7.84. The Labute approximate surface area is 148 Å². The van der Waals surface area contributed by atoms with E-state index >= 15 is 0 Å². The second kappa shape index (κ2) is 6.91. The lowest BCUT2D eigenvalue weighted by Crippen LogP contribution is -2.39. The molecule has 3 N–H and O–H groups in total. The zero-order valence-electron chi connectivity index (χ0n) is 13.9. The highest BCUT2D eigenvalue weighted by atomic mass is 19.1. The molecule has 1 atom stereocenters. The van der Waals surface area contributed by atoms with Gasteiger partial charge in [0.15, 0.2) is 0 Å². The number of benzene rings is 2. The van der Waals surface area contributed by atoms with E-state index in [2.05, 4.69) is 10.4 Å². The van der Waals surface area contributed by atoms with Gasteiger partial charge in [-0.1, -0.05) is 6.07 Å². The maximum atomic E-state index is 13.4. The number of hydrazone groups is 1. The Balaban J connectivity index is 1.86. The van der Waals surface area contributed by atoms with Gasteiger partial charge < -0.3 is 11.1 Å². The quantitative estimate of drug-likeness (QED) is 0.879. The van der Waals surface area contributed by atoms with Crippen LogP contribution in [0, 0.1) is 18.6 Å². The normalized spacial score (nSPS) is 16.3. The number of nitrogens with two attached hydrogens (primary N) is 1. The molecule has 0 saturated heterocycles. The molecule has 0 aliphatic carbocycles. The monoisotopic (exact) mass is 358 g/mol. The molecule has 2 aromatic carbocycles. The summed E-state index contributed by atoms with van der Waals surface area (Å²) < 4.78 is 26.5. The molecule has 134 valence electrons. The third-order valence-corrected chi connectivity index (χ3v) is 4.04. The number of halogens is 2. The summed E-state index contributed by atoms with van der Waals surface area (Å²) in [4.78, 5) is 24.2. The van der Waals surface area contributed by atoms with E-state index in [0.29, 0.717) is 16.9 Å². The van der Waals surface area contributed by atoms with Crippen molar-refractivity contribution >= 4 is 28.9 Å². The second-order valence-electron chi connectivity index (χ2n) is 5.90. The van der Waals surface area contributed by atoms with E-state index in [9.17, 15) is 18.4 Å². The molecule has 0 fully saturated rings. The van der Waals surface area contributed by atoms with E-state index in [1.54, 1.807) is 13.0 Å². The predicted molar refractivity (Wildman–Crippen MR) is 93.7 cm³/mol. The maximum absolute atomic E-state index is 13.4. The molecule has 0 aromatic heterocycles. The number of rotatable bonds is 4. The van der Waals surface area contributed by atoms with Crippen molar-refractivity contribution in [2.45, 2.75) is 19.4 Å². The summed E-state index contributed by atoms with van der Waals surface area (Å²) in [5.41, 5.74) is 6.90. The Bertz CT molecular complexity index is 897. The Morgan fingerprint density at radius 1 is 1.15 bits per heavy atom. The molecular formula is C18H16F2N4O2. The molecule has 1 aliphatic heterocycles. The standard InChI is InChI=1S/C18H16F2N4O2/c1-10-2-3-12(20)8-14(10)22-18(26)15-9-16(17(21)25)24(23-15)13-6-4-11(19)5-7-13/h2-8,16H,9H2,1H3,(H2,21,25)(H,22,26).